The van der Waals surface area contributed by atoms with Crippen LogP contribution in [-0.2, 0) is 9.59 Å². The third-order valence-corrected chi connectivity index (χ3v) is 2.80. The van der Waals surface area contributed by atoms with Gasteiger partial charge in [0, 0.05) is 0 Å². The number of esters is 1. The summed E-state index contributed by atoms with van der Waals surface area (Å²) >= 11 is 0. The van der Waals surface area contributed by atoms with Crippen molar-refractivity contribution in [2.45, 2.75) is 26.2 Å². The number of hydrogen-bond acceptors (Lipinski definition) is 3. The molecule has 4 nitrogen and oxygen atoms in total. The number of carboxylic acids is 1. The monoisotopic (exact) mass is 326 g/mol. The molecule has 22 heavy (non-hydrogen) atoms. The summed E-state index contributed by atoms with van der Waals surface area (Å²) in [7, 11) is 0. The summed E-state index contributed by atoms with van der Waals surface area (Å²) in [5.74, 6) is -18.5. The van der Waals surface area contributed by atoms with Crippen LogP contribution in [0.1, 0.15) is 26.2 Å². The maximum Gasteiger partial charge on any atom is 0.325 e. The van der Waals surface area contributed by atoms with Gasteiger partial charge in [-0.25, -0.2) is 13.2 Å². The number of carbonyl (C=O) groups is 2. The molecular weight excluding hydrogens is 315 g/mol. The summed E-state index contributed by atoms with van der Waals surface area (Å²) in [5, 5.41) is 8.84. The molecule has 1 aromatic carbocycles. The normalized spacial score (nSPS) is 12.1. The molecule has 0 spiro atoms. The molecule has 0 saturated carbocycles. The zero-order valence-electron chi connectivity index (χ0n) is 11.3. The molecule has 1 atom stereocenters. The second kappa shape index (κ2) is 7.19. The van der Waals surface area contributed by atoms with Gasteiger partial charge in [0.15, 0.2) is 5.92 Å². The summed E-state index contributed by atoms with van der Waals surface area (Å²) in [6.45, 7) is 1.70. The second-order valence-electron chi connectivity index (χ2n) is 4.35. The van der Waals surface area contributed by atoms with Gasteiger partial charge in [0.1, 0.15) is 0 Å². The number of hydrogen-bond donors (Lipinski definition) is 1. The molecule has 0 bridgehead atoms. The van der Waals surface area contributed by atoms with Crippen LogP contribution in [-0.4, -0.2) is 17.0 Å². The van der Waals surface area contributed by atoms with Crippen LogP contribution >= 0.6 is 0 Å². The van der Waals surface area contributed by atoms with E-state index in [1.165, 1.54) is 0 Å². The van der Waals surface area contributed by atoms with Crippen molar-refractivity contribution in [3.63, 3.8) is 0 Å². The smallest absolute Gasteiger partial charge is 0.325 e. The molecule has 9 heteroatoms. The zero-order valence-corrected chi connectivity index (χ0v) is 11.3. The average molecular weight is 326 g/mol. The minimum absolute atomic E-state index is 0.194. The van der Waals surface area contributed by atoms with E-state index < -0.39 is 52.7 Å². The van der Waals surface area contributed by atoms with Crippen LogP contribution in [0.15, 0.2) is 0 Å². The summed E-state index contributed by atoms with van der Waals surface area (Å²) in [6, 6.07) is 0. The van der Waals surface area contributed by atoms with Crippen LogP contribution in [0.25, 0.3) is 0 Å². The van der Waals surface area contributed by atoms with Gasteiger partial charge in [-0.2, -0.15) is 8.78 Å². The molecule has 0 amide bonds. The van der Waals surface area contributed by atoms with Crippen LogP contribution in [0.3, 0.4) is 0 Å². The molecule has 0 radical (unpaired) electrons. The number of ether oxygens (including phenoxy) is 1. The maximum absolute atomic E-state index is 13.3. The van der Waals surface area contributed by atoms with Gasteiger partial charge in [0.2, 0.25) is 34.8 Å². The third kappa shape index (κ3) is 3.52. The highest BCUT2D eigenvalue weighted by molar-refractivity contribution is 5.94. The molecule has 122 valence electrons. The summed E-state index contributed by atoms with van der Waals surface area (Å²) in [6.07, 6.45) is 0.628. The van der Waals surface area contributed by atoms with E-state index >= 15 is 0 Å². The van der Waals surface area contributed by atoms with Gasteiger partial charge in [-0.05, 0) is 6.42 Å². The van der Waals surface area contributed by atoms with Gasteiger partial charge >= 0.3 is 11.9 Å². The number of carbonyl (C=O) groups excluding carboxylic acids is 1. The highest BCUT2D eigenvalue weighted by Crippen LogP contribution is 2.30. The first-order valence-electron chi connectivity index (χ1n) is 6.18. The predicted molar refractivity (Wildman–Crippen MR) is 62.5 cm³/mol. The summed E-state index contributed by atoms with van der Waals surface area (Å²) in [5.41, 5.74) is 0. The fourth-order valence-electron chi connectivity index (χ4n) is 1.60. The quantitative estimate of drug-likeness (QED) is 0.218. The fraction of sp³-hybridized carbons (Fsp3) is 0.385. The van der Waals surface area contributed by atoms with Crippen LogP contribution in [0.5, 0.6) is 5.75 Å². The molecule has 0 aromatic heterocycles. The SMILES string of the molecule is CCCCC(C(=O)O)C(=O)Oc1c(F)c(F)c(F)c(F)c1F. The lowest BCUT2D eigenvalue weighted by Crippen LogP contribution is -2.29. The van der Waals surface area contributed by atoms with Crippen molar-refractivity contribution in [3.8, 4) is 5.75 Å². The Morgan fingerprint density at radius 2 is 1.45 bits per heavy atom. The lowest BCUT2D eigenvalue weighted by atomic mass is 10.0. The number of benzene rings is 1. The number of carboxylic acid groups (broad SMARTS) is 1. The van der Waals surface area contributed by atoms with Gasteiger partial charge in [-0.1, -0.05) is 19.8 Å². The van der Waals surface area contributed by atoms with E-state index in [4.69, 9.17) is 5.11 Å². The van der Waals surface area contributed by atoms with E-state index in [9.17, 15) is 31.5 Å². The molecule has 0 heterocycles. The lowest BCUT2D eigenvalue weighted by Gasteiger charge is -2.13. The largest absolute Gasteiger partial charge is 0.481 e. The highest BCUT2D eigenvalue weighted by Gasteiger charge is 2.33. The molecule has 0 aliphatic heterocycles. The van der Waals surface area contributed by atoms with Gasteiger partial charge in [0.05, 0.1) is 0 Å². The average Bonchev–Trinajstić information content (AvgIpc) is 2.47. The number of unbranched alkanes of at least 4 members (excludes halogenated alkanes) is 1. The topological polar surface area (TPSA) is 63.6 Å². The molecular formula is C13H11F5O4. The highest BCUT2D eigenvalue weighted by atomic mass is 19.2. The first-order valence-corrected chi connectivity index (χ1v) is 6.18. The van der Waals surface area contributed by atoms with Gasteiger partial charge in [0.25, 0.3) is 0 Å². The number of rotatable bonds is 6. The zero-order chi connectivity index (χ0) is 17.0. The van der Waals surface area contributed by atoms with Crippen LogP contribution < -0.4 is 4.74 Å². The molecule has 1 N–H and O–H groups in total. The first-order chi connectivity index (χ1) is 10.2. The Labute approximate surface area is 121 Å². The molecule has 1 aromatic rings. The maximum atomic E-state index is 13.3. The Balaban J connectivity index is 3.13. The van der Waals surface area contributed by atoms with Gasteiger partial charge < -0.3 is 9.84 Å². The Kier molecular flexibility index (Phi) is 5.84. The van der Waals surface area contributed by atoms with Crippen molar-refractivity contribution in [2.24, 2.45) is 5.92 Å². The Hall–Kier alpha value is -2.19. The van der Waals surface area contributed by atoms with Crippen LogP contribution in [0.4, 0.5) is 22.0 Å². The van der Waals surface area contributed by atoms with E-state index in [0.717, 1.165) is 0 Å². The lowest BCUT2D eigenvalue weighted by molar-refractivity contribution is -0.153. The Morgan fingerprint density at radius 3 is 1.86 bits per heavy atom. The molecule has 0 aliphatic rings. The Bertz CT molecular complexity index is 574. The van der Waals surface area contributed by atoms with Crippen LogP contribution in [0, 0.1) is 35.0 Å². The summed E-state index contributed by atoms with van der Waals surface area (Å²) in [4.78, 5) is 22.5. The van der Waals surface area contributed by atoms with Crippen molar-refractivity contribution < 1.29 is 41.4 Å². The molecule has 0 saturated heterocycles. The standard InChI is InChI=1S/C13H11F5O4/c1-2-3-4-5(12(19)20)13(21)22-11-9(17)7(15)6(14)8(16)10(11)18/h5H,2-4H2,1H3,(H,19,20). The number of halogens is 5. The van der Waals surface area contributed by atoms with E-state index in [2.05, 4.69) is 4.74 Å². The molecule has 1 unspecified atom stereocenters. The van der Waals surface area contributed by atoms with Crippen molar-refractivity contribution in [2.75, 3.05) is 0 Å². The number of aliphatic carboxylic acids is 1. The first kappa shape index (κ1) is 17.9. The summed E-state index contributed by atoms with van der Waals surface area (Å²) < 4.78 is 69.5. The van der Waals surface area contributed by atoms with Gasteiger partial charge in [-0.15, -0.1) is 0 Å². The van der Waals surface area contributed by atoms with Crippen molar-refractivity contribution in [1.82, 2.24) is 0 Å². The van der Waals surface area contributed by atoms with E-state index in [1.807, 2.05) is 0 Å². The van der Waals surface area contributed by atoms with Gasteiger partial charge in [-0.3, -0.25) is 9.59 Å². The Morgan fingerprint density at radius 1 is 1.00 bits per heavy atom. The van der Waals surface area contributed by atoms with E-state index in [0.29, 0.717) is 12.8 Å². The van der Waals surface area contributed by atoms with E-state index in [-0.39, 0.29) is 6.42 Å². The second-order valence-corrected chi connectivity index (χ2v) is 4.35. The van der Waals surface area contributed by atoms with Crippen molar-refractivity contribution >= 4 is 11.9 Å². The molecule has 0 aliphatic carbocycles. The van der Waals surface area contributed by atoms with Crippen molar-refractivity contribution in [1.29, 1.82) is 0 Å². The predicted octanol–water partition coefficient (Wildman–Crippen LogP) is 3.18. The molecule has 1 rings (SSSR count). The third-order valence-electron chi connectivity index (χ3n) is 2.80. The van der Waals surface area contributed by atoms with Crippen molar-refractivity contribution in [3.05, 3.63) is 29.1 Å². The minimum atomic E-state index is -2.41. The minimum Gasteiger partial charge on any atom is -0.481 e. The fourth-order valence-corrected chi connectivity index (χ4v) is 1.60. The molecule has 0 fully saturated rings. The van der Waals surface area contributed by atoms with E-state index in [1.54, 1.807) is 6.92 Å². The van der Waals surface area contributed by atoms with Crippen LogP contribution in [0.2, 0.25) is 0 Å².